The average molecular weight is 247 g/mol. The maximum atomic E-state index is 11.5. The fraction of sp³-hybridized carbons (Fsp3) is 0.462. The second-order valence-electron chi connectivity index (χ2n) is 4.64. The van der Waals surface area contributed by atoms with Gasteiger partial charge in [0.1, 0.15) is 5.28 Å². The molecule has 0 radical (unpaired) electrons. The van der Waals surface area contributed by atoms with Crippen LogP contribution in [0.5, 0.6) is 0 Å². The highest BCUT2D eigenvalue weighted by molar-refractivity contribution is 5.77. The van der Waals surface area contributed by atoms with Crippen LogP contribution < -0.4 is 0 Å². The molecule has 0 fully saturated rings. The first-order chi connectivity index (χ1) is 8.54. The number of carbonyl (C=O) groups excluding carboxylic acids is 1. The zero-order valence-corrected chi connectivity index (χ0v) is 10.8. The number of carbonyl (C=O) groups is 1. The van der Waals surface area contributed by atoms with Crippen LogP contribution in [0.15, 0.2) is 29.5 Å². The van der Waals surface area contributed by atoms with Gasteiger partial charge in [-0.25, -0.2) is 0 Å². The van der Waals surface area contributed by atoms with Crippen molar-refractivity contribution in [1.82, 2.24) is 0 Å². The van der Waals surface area contributed by atoms with Gasteiger partial charge in [-0.05, 0) is 35.9 Å². The Morgan fingerprint density at radius 3 is 2.44 bits per heavy atom. The van der Waals surface area contributed by atoms with Gasteiger partial charge in [0, 0.05) is 4.91 Å². The van der Waals surface area contributed by atoms with E-state index in [2.05, 4.69) is 28.9 Å². The third-order valence-electron chi connectivity index (χ3n) is 2.64. The average Bonchev–Trinajstić information content (AvgIpc) is 2.35. The number of hydrogen-bond donors (Lipinski definition) is 0. The quantitative estimate of drug-likeness (QED) is 0.344. The summed E-state index contributed by atoms with van der Waals surface area (Å²) in [6.45, 7) is 6.04. The van der Waals surface area contributed by atoms with Gasteiger partial charge in [-0.3, -0.25) is 4.79 Å². The predicted octanol–water partition coefficient (Wildman–Crippen LogP) is 3.76. The largest absolute Gasteiger partial charge is 0.358 e. The molecular formula is C13H17N3O2. The SMILES string of the molecule is CC(C)Cc1ccc(C(C)C(=O)ON=[N+]=[N-])cc1. The van der Waals surface area contributed by atoms with E-state index in [-0.39, 0.29) is 0 Å². The standard InChI is InChI=1S/C13H17N3O2/c1-9(2)8-11-4-6-12(7-5-11)10(3)13(17)18-16-15-14/h4-7,9-10H,8H2,1-3H3. The summed E-state index contributed by atoms with van der Waals surface area (Å²) in [7, 11) is 0. The van der Waals surface area contributed by atoms with E-state index >= 15 is 0 Å². The van der Waals surface area contributed by atoms with Gasteiger partial charge in [0.15, 0.2) is 0 Å². The van der Waals surface area contributed by atoms with Gasteiger partial charge >= 0.3 is 5.97 Å². The molecule has 0 heterocycles. The van der Waals surface area contributed by atoms with Crippen LogP contribution in [0.2, 0.25) is 0 Å². The fourth-order valence-corrected chi connectivity index (χ4v) is 1.69. The van der Waals surface area contributed by atoms with Gasteiger partial charge in [0.2, 0.25) is 0 Å². The van der Waals surface area contributed by atoms with Gasteiger partial charge < -0.3 is 4.84 Å². The second kappa shape index (κ2) is 6.67. The lowest BCUT2D eigenvalue weighted by atomic mass is 9.97. The third-order valence-corrected chi connectivity index (χ3v) is 2.64. The van der Waals surface area contributed by atoms with Crippen molar-refractivity contribution in [1.29, 1.82) is 0 Å². The monoisotopic (exact) mass is 247 g/mol. The second-order valence-corrected chi connectivity index (χ2v) is 4.64. The molecular weight excluding hydrogens is 230 g/mol. The molecule has 1 aromatic rings. The van der Waals surface area contributed by atoms with E-state index in [1.165, 1.54) is 5.56 Å². The Labute approximate surface area is 106 Å². The minimum atomic E-state index is -0.551. The molecule has 1 atom stereocenters. The molecule has 18 heavy (non-hydrogen) atoms. The first kappa shape index (κ1) is 14.1. The predicted molar refractivity (Wildman–Crippen MR) is 68.6 cm³/mol. The van der Waals surface area contributed by atoms with E-state index in [1.54, 1.807) is 6.92 Å². The van der Waals surface area contributed by atoms with Crippen molar-refractivity contribution in [3.8, 4) is 0 Å². The smallest absolute Gasteiger partial charge is 0.324 e. The molecule has 0 saturated carbocycles. The Morgan fingerprint density at radius 1 is 1.33 bits per heavy atom. The number of azide groups is 1. The topological polar surface area (TPSA) is 75.1 Å². The summed E-state index contributed by atoms with van der Waals surface area (Å²) in [6, 6.07) is 7.82. The molecule has 5 heteroatoms. The molecule has 0 spiro atoms. The zero-order valence-electron chi connectivity index (χ0n) is 10.8. The van der Waals surface area contributed by atoms with Crippen LogP contribution in [-0.2, 0) is 16.1 Å². The first-order valence-corrected chi connectivity index (χ1v) is 5.88. The first-order valence-electron chi connectivity index (χ1n) is 5.88. The molecule has 1 rings (SSSR count). The molecule has 0 N–H and O–H groups in total. The highest BCUT2D eigenvalue weighted by atomic mass is 16.7. The van der Waals surface area contributed by atoms with E-state index in [1.807, 2.05) is 24.3 Å². The molecule has 0 aliphatic rings. The lowest BCUT2D eigenvalue weighted by Crippen LogP contribution is -2.10. The summed E-state index contributed by atoms with van der Waals surface area (Å²) in [5.41, 5.74) is 10.2. The lowest BCUT2D eigenvalue weighted by molar-refractivity contribution is -0.145. The normalized spacial score (nSPS) is 11.8. The molecule has 96 valence electrons. The van der Waals surface area contributed by atoms with E-state index in [0.29, 0.717) is 5.92 Å². The van der Waals surface area contributed by atoms with Gasteiger partial charge in [-0.1, -0.05) is 38.1 Å². The molecule has 1 unspecified atom stereocenters. The maximum absolute atomic E-state index is 11.5. The summed E-state index contributed by atoms with van der Waals surface area (Å²) in [5, 5.41) is 2.81. The van der Waals surface area contributed by atoms with E-state index in [4.69, 9.17) is 5.53 Å². The van der Waals surface area contributed by atoms with Crippen LogP contribution in [0.4, 0.5) is 0 Å². The maximum Gasteiger partial charge on any atom is 0.324 e. The zero-order chi connectivity index (χ0) is 13.5. The molecule has 1 aromatic carbocycles. The van der Waals surface area contributed by atoms with Crippen molar-refractivity contribution < 1.29 is 9.63 Å². The Balaban J connectivity index is 2.72. The van der Waals surface area contributed by atoms with E-state index in [9.17, 15) is 4.79 Å². The molecule has 0 aromatic heterocycles. The van der Waals surface area contributed by atoms with Gasteiger partial charge in [0.25, 0.3) is 0 Å². The Morgan fingerprint density at radius 2 is 1.94 bits per heavy atom. The summed E-state index contributed by atoms with van der Waals surface area (Å²) in [4.78, 5) is 18.2. The molecule has 0 saturated heterocycles. The van der Waals surface area contributed by atoms with E-state index < -0.39 is 11.9 Å². The molecule has 0 bridgehead atoms. The minimum absolute atomic E-state index is 0.441. The number of hydrogen-bond acceptors (Lipinski definition) is 3. The van der Waals surface area contributed by atoms with Gasteiger partial charge in [-0.15, -0.1) is 0 Å². The van der Waals surface area contributed by atoms with Crippen molar-refractivity contribution in [3.63, 3.8) is 0 Å². The summed E-state index contributed by atoms with van der Waals surface area (Å²) in [6.07, 6.45) is 1.01. The van der Waals surface area contributed by atoms with Crippen LogP contribution in [0, 0.1) is 5.92 Å². The van der Waals surface area contributed by atoms with Crippen LogP contribution in [-0.4, -0.2) is 5.97 Å². The number of benzene rings is 1. The Bertz CT molecular complexity index is 448. The molecule has 0 aliphatic heterocycles. The van der Waals surface area contributed by atoms with Gasteiger partial charge in [-0.2, -0.15) is 0 Å². The molecule has 5 nitrogen and oxygen atoms in total. The summed E-state index contributed by atoms with van der Waals surface area (Å²) >= 11 is 0. The van der Waals surface area contributed by atoms with Crippen molar-refractivity contribution in [2.24, 2.45) is 11.2 Å². The van der Waals surface area contributed by atoms with Crippen LogP contribution >= 0.6 is 0 Å². The summed E-state index contributed by atoms with van der Waals surface area (Å²) < 4.78 is 0. The van der Waals surface area contributed by atoms with E-state index in [0.717, 1.165) is 12.0 Å². The van der Waals surface area contributed by atoms with Crippen molar-refractivity contribution >= 4 is 5.97 Å². The highest BCUT2D eigenvalue weighted by Gasteiger charge is 2.16. The third kappa shape index (κ3) is 4.11. The van der Waals surface area contributed by atoms with Crippen LogP contribution in [0.3, 0.4) is 0 Å². The van der Waals surface area contributed by atoms with Crippen LogP contribution in [0.1, 0.15) is 37.8 Å². The minimum Gasteiger partial charge on any atom is -0.358 e. The highest BCUT2D eigenvalue weighted by Crippen LogP contribution is 2.18. The van der Waals surface area contributed by atoms with Crippen molar-refractivity contribution in [2.75, 3.05) is 0 Å². The Kier molecular flexibility index (Phi) is 5.21. The lowest BCUT2D eigenvalue weighted by Gasteiger charge is -2.10. The summed E-state index contributed by atoms with van der Waals surface area (Å²) in [5.74, 6) is -0.392. The number of rotatable bonds is 5. The molecule has 0 amide bonds. The van der Waals surface area contributed by atoms with Crippen molar-refractivity contribution in [2.45, 2.75) is 33.1 Å². The van der Waals surface area contributed by atoms with Crippen molar-refractivity contribution in [3.05, 3.63) is 45.8 Å². The molecule has 0 aliphatic carbocycles. The number of nitrogens with zero attached hydrogens (tertiary/aromatic N) is 3. The van der Waals surface area contributed by atoms with Gasteiger partial charge in [0.05, 0.1) is 5.92 Å². The fourth-order valence-electron chi connectivity index (χ4n) is 1.69. The Hall–Kier alpha value is -2.00. The van der Waals surface area contributed by atoms with Crippen LogP contribution in [0.25, 0.3) is 10.4 Å².